The Bertz CT molecular complexity index is 3550. The van der Waals surface area contributed by atoms with Gasteiger partial charge in [-0.25, -0.2) is 19.9 Å². The first-order valence-corrected chi connectivity index (χ1v) is 21.9. The van der Waals surface area contributed by atoms with Crippen LogP contribution >= 0.6 is 34.0 Å². The Labute approximate surface area is 351 Å². The van der Waals surface area contributed by atoms with Crippen LogP contribution in [0.4, 0.5) is 0 Å². The number of hydrogen-bond donors (Lipinski definition) is 0. The van der Waals surface area contributed by atoms with Crippen molar-refractivity contribution in [1.29, 1.82) is 0 Å². The van der Waals surface area contributed by atoms with Crippen LogP contribution in [0.3, 0.4) is 0 Å². The quantitative estimate of drug-likeness (QED) is 0.168. The number of rotatable bonds is 6. The summed E-state index contributed by atoms with van der Waals surface area (Å²) < 4.78 is 6.20. The Balaban J connectivity index is 0.957. The van der Waals surface area contributed by atoms with Crippen LogP contribution in [-0.2, 0) is 0 Å². The lowest BCUT2D eigenvalue weighted by Gasteiger charge is -2.11. The molecule has 0 fully saturated rings. The first-order chi connectivity index (χ1) is 29.2. The largest absolute Gasteiger partial charge is 0.236 e. The molecule has 0 aliphatic carbocycles. The molecule has 0 amide bonds. The lowest BCUT2D eigenvalue weighted by molar-refractivity contribution is 1.08. The van der Waals surface area contributed by atoms with Gasteiger partial charge in [0.1, 0.15) is 5.01 Å². The molecule has 0 aliphatic rings. The zero-order valence-corrected chi connectivity index (χ0v) is 33.8. The lowest BCUT2D eigenvalue weighted by Crippen LogP contribution is -2.00. The van der Waals surface area contributed by atoms with Gasteiger partial charge in [-0.1, -0.05) is 133 Å². The molecule has 4 aromatic heterocycles. The zero-order valence-electron chi connectivity index (χ0n) is 31.3. The van der Waals surface area contributed by atoms with Gasteiger partial charge >= 0.3 is 0 Å². The van der Waals surface area contributed by atoms with Gasteiger partial charge in [-0.2, -0.15) is 0 Å². The minimum absolute atomic E-state index is 0.647. The number of fused-ring (bicyclic) bond motifs is 7. The van der Waals surface area contributed by atoms with Crippen LogP contribution in [0.5, 0.6) is 0 Å². The van der Waals surface area contributed by atoms with E-state index in [0.29, 0.717) is 17.5 Å². The molecule has 4 nitrogen and oxygen atoms in total. The maximum Gasteiger partial charge on any atom is 0.164 e. The van der Waals surface area contributed by atoms with Crippen LogP contribution in [0.15, 0.2) is 182 Å². The van der Waals surface area contributed by atoms with Crippen molar-refractivity contribution in [3.63, 3.8) is 0 Å². The highest BCUT2D eigenvalue weighted by atomic mass is 32.1. The average Bonchev–Trinajstić information content (AvgIpc) is 4.03. The second kappa shape index (κ2) is 13.9. The Morgan fingerprint density at radius 2 is 0.915 bits per heavy atom. The Morgan fingerprint density at radius 1 is 0.305 bits per heavy atom. The molecule has 0 saturated carbocycles. The second-order valence-corrected chi connectivity index (χ2v) is 17.8. The molecule has 0 aliphatic heterocycles. The van der Waals surface area contributed by atoms with Crippen LogP contribution in [0.2, 0.25) is 0 Å². The third-order valence-electron chi connectivity index (χ3n) is 11.0. The first-order valence-electron chi connectivity index (χ1n) is 19.4. The van der Waals surface area contributed by atoms with E-state index < -0.39 is 0 Å². The number of para-hydroxylation sites is 1. The van der Waals surface area contributed by atoms with Gasteiger partial charge in [0.2, 0.25) is 0 Å². The molecule has 0 radical (unpaired) electrons. The molecule has 12 rings (SSSR count). The predicted molar refractivity (Wildman–Crippen MR) is 251 cm³/mol. The van der Waals surface area contributed by atoms with E-state index in [1.54, 1.807) is 22.7 Å². The highest BCUT2D eigenvalue weighted by Crippen LogP contribution is 2.43. The van der Waals surface area contributed by atoms with Crippen molar-refractivity contribution >= 4 is 84.6 Å². The summed E-state index contributed by atoms with van der Waals surface area (Å²) in [6.07, 6.45) is 0. The second-order valence-electron chi connectivity index (χ2n) is 14.6. The number of benzene rings is 8. The van der Waals surface area contributed by atoms with Crippen molar-refractivity contribution in [1.82, 2.24) is 19.9 Å². The average molecular weight is 807 g/mol. The molecule has 12 aromatic rings. The lowest BCUT2D eigenvalue weighted by atomic mass is 9.98. The highest BCUT2D eigenvalue weighted by molar-refractivity contribution is 7.26. The molecule has 0 saturated heterocycles. The Kier molecular flexibility index (Phi) is 8.04. The van der Waals surface area contributed by atoms with E-state index in [2.05, 4.69) is 158 Å². The standard InChI is InChI=1S/C52H30N4S3/c1-2-12-31(13-3-1)49-54-50(56-51(55-49)40-21-11-25-46-47(40)39-18-4-6-23-43(39)57-46)35-16-9-15-34(29-35)37-19-10-20-38-41-30-33(26-27-44(41)58-48(37)38)32-14-8-17-36(28-32)52-53-42-22-5-7-24-45(42)59-52/h1-30H. The summed E-state index contributed by atoms with van der Waals surface area (Å²) in [7, 11) is 0. The van der Waals surface area contributed by atoms with Crippen LogP contribution in [-0.4, -0.2) is 19.9 Å². The summed E-state index contributed by atoms with van der Waals surface area (Å²) in [6, 6.07) is 64.5. The third kappa shape index (κ3) is 5.93. The van der Waals surface area contributed by atoms with E-state index in [1.165, 1.54) is 61.7 Å². The van der Waals surface area contributed by atoms with Gasteiger partial charge < -0.3 is 0 Å². The van der Waals surface area contributed by atoms with E-state index in [1.807, 2.05) is 35.6 Å². The van der Waals surface area contributed by atoms with Crippen LogP contribution < -0.4 is 0 Å². The fraction of sp³-hybridized carbons (Fsp3) is 0. The van der Waals surface area contributed by atoms with E-state index in [4.69, 9.17) is 19.9 Å². The number of aromatic nitrogens is 4. The molecule has 0 bridgehead atoms. The molecule has 0 spiro atoms. The fourth-order valence-electron chi connectivity index (χ4n) is 8.16. The van der Waals surface area contributed by atoms with Crippen LogP contribution in [0.25, 0.3) is 118 Å². The van der Waals surface area contributed by atoms with Gasteiger partial charge in [0.05, 0.1) is 10.2 Å². The summed E-state index contributed by atoms with van der Waals surface area (Å²) in [5.74, 6) is 1.97. The third-order valence-corrected chi connectivity index (χ3v) is 14.4. The van der Waals surface area contributed by atoms with E-state index in [0.717, 1.165) is 38.3 Å². The minimum atomic E-state index is 0.647. The van der Waals surface area contributed by atoms with E-state index in [9.17, 15) is 0 Å². The van der Waals surface area contributed by atoms with Gasteiger partial charge in [-0.05, 0) is 70.8 Å². The molecule has 0 atom stereocenters. The molecule has 276 valence electrons. The number of thiazole rings is 1. The van der Waals surface area contributed by atoms with E-state index in [-0.39, 0.29) is 0 Å². The molecule has 7 heteroatoms. The topological polar surface area (TPSA) is 51.6 Å². The van der Waals surface area contributed by atoms with E-state index >= 15 is 0 Å². The van der Waals surface area contributed by atoms with Gasteiger partial charge in [0, 0.05) is 62.6 Å². The molecular formula is C52H30N4S3. The molecule has 59 heavy (non-hydrogen) atoms. The molecule has 0 unspecified atom stereocenters. The normalized spacial score (nSPS) is 11.7. The zero-order chi connectivity index (χ0) is 38.9. The van der Waals surface area contributed by atoms with Gasteiger partial charge in [-0.15, -0.1) is 34.0 Å². The summed E-state index contributed by atoms with van der Waals surface area (Å²) in [5, 5.41) is 5.95. The van der Waals surface area contributed by atoms with Crippen molar-refractivity contribution in [2.45, 2.75) is 0 Å². The van der Waals surface area contributed by atoms with Crippen molar-refractivity contribution in [3.8, 4) is 67.0 Å². The van der Waals surface area contributed by atoms with Gasteiger partial charge in [0.15, 0.2) is 17.5 Å². The smallest absolute Gasteiger partial charge is 0.164 e. The van der Waals surface area contributed by atoms with Crippen LogP contribution in [0.1, 0.15) is 0 Å². The Morgan fingerprint density at radius 3 is 1.81 bits per heavy atom. The first kappa shape index (κ1) is 34.2. The summed E-state index contributed by atoms with van der Waals surface area (Å²) in [6.45, 7) is 0. The minimum Gasteiger partial charge on any atom is -0.236 e. The SMILES string of the molecule is c1ccc(-c2nc(-c3cccc(-c4cccc5c4sc4ccc(-c6cccc(-c7nc8ccccc8s7)c6)cc45)c3)nc(-c3cccc4sc5ccccc5c34)n2)cc1. The van der Waals surface area contributed by atoms with Crippen LogP contribution in [0, 0.1) is 0 Å². The maximum absolute atomic E-state index is 5.22. The number of thiophene rings is 2. The molecule has 0 N–H and O–H groups in total. The highest BCUT2D eigenvalue weighted by Gasteiger charge is 2.18. The number of hydrogen-bond acceptors (Lipinski definition) is 7. The van der Waals surface area contributed by atoms with Crippen molar-refractivity contribution in [3.05, 3.63) is 182 Å². The summed E-state index contributed by atoms with van der Waals surface area (Å²) in [4.78, 5) is 20.4. The monoisotopic (exact) mass is 806 g/mol. The van der Waals surface area contributed by atoms with Gasteiger partial charge in [0.25, 0.3) is 0 Å². The van der Waals surface area contributed by atoms with Crippen molar-refractivity contribution in [2.75, 3.05) is 0 Å². The summed E-state index contributed by atoms with van der Waals surface area (Å²) >= 11 is 5.38. The molecular weight excluding hydrogens is 777 g/mol. The molecule has 8 aromatic carbocycles. The number of nitrogens with zero attached hydrogens (tertiary/aromatic N) is 4. The summed E-state index contributed by atoms with van der Waals surface area (Å²) in [5.41, 5.74) is 9.78. The predicted octanol–water partition coefficient (Wildman–Crippen LogP) is 15.2. The van der Waals surface area contributed by atoms with Crippen molar-refractivity contribution in [2.24, 2.45) is 0 Å². The molecule has 4 heterocycles. The maximum atomic E-state index is 5.22. The Hall–Kier alpha value is -6.90. The van der Waals surface area contributed by atoms with Crippen molar-refractivity contribution < 1.29 is 0 Å². The van der Waals surface area contributed by atoms with Gasteiger partial charge in [-0.3, -0.25) is 0 Å². The fourth-order valence-corrected chi connectivity index (χ4v) is 11.5.